The molecule has 3 aromatic carbocycles. The minimum absolute atomic E-state index is 0.0425. The third-order valence-corrected chi connectivity index (χ3v) is 6.79. The number of phenolic OH excluding ortho intramolecular Hbond substituents is 1. The maximum Gasteiger partial charge on any atom is 0.225 e. The molecule has 1 atom stereocenters. The van der Waals surface area contributed by atoms with E-state index in [1.807, 2.05) is 60.7 Å². The first-order chi connectivity index (χ1) is 17.5. The molecule has 6 heteroatoms. The third-order valence-electron chi connectivity index (χ3n) is 6.79. The van der Waals surface area contributed by atoms with E-state index in [4.69, 9.17) is 9.73 Å². The van der Waals surface area contributed by atoms with Crippen LogP contribution in [0.1, 0.15) is 32.3 Å². The summed E-state index contributed by atoms with van der Waals surface area (Å²) in [7, 11) is 1.63. The van der Waals surface area contributed by atoms with Crippen LogP contribution in [0.2, 0.25) is 0 Å². The predicted octanol–water partition coefficient (Wildman–Crippen LogP) is 5.73. The van der Waals surface area contributed by atoms with E-state index in [9.17, 15) is 9.90 Å². The zero-order chi connectivity index (χ0) is 25.5. The second-order valence-corrected chi connectivity index (χ2v) is 9.23. The van der Waals surface area contributed by atoms with Gasteiger partial charge in [-0.3, -0.25) is 9.69 Å². The number of likely N-dealkylation sites (tertiary alicyclic amines) is 1. The summed E-state index contributed by atoms with van der Waals surface area (Å²) < 4.78 is 5.65. The van der Waals surface area contributed by atoms with Crippen LogP contribution < -0.4 is 4.74 Å². The summed E-state index contributed by atoms with van der Waals surface area (Å²) in [6.07, 6.45) is 2.23. The molecule has 3 aromatic rings. The second-order valence-electron chi connectivity index (χ2n) is 9.23. The average Bonchev–Trinajstić information content (AvgIpc) is 2.91. The van der Waals surface area contributed by atoms with Crippen molar-refractivity contribution in [3.8, 4) is 22.6 Å². The first kappa shape index (κ1) is 25.5. The summed E-state index contributed by atoms with van der Waals surface area (Å²) in [5, 5.41) is 10.2. The molecule has 1 fully saturated rings. The van der Waals surface area contributed by atoms with Crippen molar-refractivity contribution in [1.29, 1.82) is 0 Å². The van der Waals surface area contributed by atoms with Crippen molar-refractivity contribution < 1.29 is 14.6 Å². The normalized spacial score (nSPS) is 16.5. The summed E-state index contributed by atoms with van der Waals surface area (Å²) in [6, 6.07) is 22.7. The molecule has 1 heterocycles. The standard InChI is InChI=1S/C30H35N3O3/c1-4-32-19-9-10-23(20-32)21-33(22(2)34)30(27-12-6-8-14-29(27)36-3)31-25-17-15-24(16-18-25)26-11-5-7-13-28(26)35/h5-8,11-18,23,35H,4,9-10,19-21H2,1-3H3. The van der Waals surface area contributed by atoms with E-state index in [0.29, 0.717) is 24.0 Å². The van der Waals surface area contributed by atoms with Gasteiger partial charge in [-0.15, -0.1) is 0 Å². The highest BCUT2D eigenvalue weighted by atomic mass is 16.5. The van der Waals surface area contributed by atoms with Crippen LogP contribution in [0.4, 0.5) is 5.69 Å². The number of amides is 1. The fraction of sp³-hybridized carbons (Fsp3) is 0.333. The van der Waals surface area contributed by atoms with E-state index in [-0.39, 0.29) is 11.7 Å². The van der Waals surface area contributed by atoms with Gasteiger partial charge in [-0.2, -0.15) is 0 Å². The molecule has 4 rings (SSSR count). The Balaban J connectivity index is 1.72. The van der Waals surface area contributed by atoms with Gasteiger partial charge in [0.1, 0.15) is 17.3 Å². The molecule has 0 aliphatic carbocycles. The summed E-state index contributed by atoms with van der Waals surface area (Å²) in [6.45, 7) is 7.52. The second kappa shape index (κ2) is 11.9. The minimum Gasteiger partial charge on any atom is -0.507 e. The molecule has 1 unspecified atom stereocenters. The number of phenols is 1. The molecule has 36 heavy (non-hydrogen) atoms. The molecule has 6 nitrogen and oxygen atoms in total. The topological polar surface area (TPSA) is 65.4 Å². The minimum atomic E-state index is -0.0425. The van der Waals surface area contributed by atoms with Gasteiger partial charge in [-0.05, 0) is 67.7 Å². The Kier molecular flexibility index (Phi) is 8.39. The first-order valence-electron chi connectivity index (χ1n) is 12.6. The van der Waals surface area contributed by atoms with Crippen molar-refractivity contribution in [2.45, 2.75) is 26.7 Å². The van der Waals surface area contributed by atoms with Crippen LogP contribution in [0.25, 0.3) is 11.1 Å². The molecule has 0 spiro atoms. The Hall–Kier alpha value is -3.64. The van der Waals surface area contributed by atoms with Crippen LogP contribution in [-0.4, -0.2) is 59.9 Å². The fourth-order valence-corrected chi connectivity index (χ4v) is 4.86. The maximum atomic E-state index is 13.0. The van der Waals surface area contributed by atoms with Crippen LogP contribution in [0, 0.1) is 5.92 Å². The molecule has 0 saturated carbocycles. The number of aromatic hydroxyl groups is 1. The van der Waals surface area contributed by atoms with Crippen molar-refractivity contribution in [3.63, 3.8) is 0 Å². The summed E-state index contributed by atoms with van der Waals surface area (Å²) >= 11 is 0. The number of methoxy groups -OCH3 is 1. The van der Waals surface area contributed by atoms with Crippen LogP contribution in [0.3, 0.4) is 0 Å². The van der Waals surface area contributed by atoms with Crippen molar-refractivity contribution >= 4 is 17.4 Å². The van der Waals surface area contributed by atoms with Gasteiger partial charge in [-0.1, -0.05) is 49.4 Å². The van der Waals surface area contributed by atoms with Crippen molar-refractivity contribution in [1.82, 2.24) is 9.80 Å². The van der Waals surface area contributed by atoms with E-state index in [1.165, 1.54) is 0 Å². The molecule has 188 valence electrons. The quantitative estimate of drug-likeness (QED) is 0.343. The van der Waals surface area contributed by atoms with Crippen LogP contribution in [0.15, 0.2) is 77.8 Å². The van der Waals surface area contributed by atoms with Gasteiger partial charge >= 0.3 is 0 Å². The summed E-state index contributed by atoms with van der Waals surface area (Å²) in [5.74, 6) is 1.83. The van der Waals surface area contributed by atoms with Gasteiger partial charge < -0.3 is 14.7 Å². The SMILES string of the molecule is CCN1CCCC(CN(C(C)=O)C(=Nc2ccc(-c3ccccc3O)cc2)c2ccccc2OC)C1. The van der Waals surface area contributed by atoms with Crippen molar-refractivity contribution in [3.05, 3.63) is 78.4 Å². The van der Waals surface area contributed by atoms with Crippen molar-refractivity contribution in [2.75, 3.05) is 33.3 Å². The lowest BCUT2D eigenvalue weighted by atomic mass is 9.97. The summed E-state index contributed by atoms with van der Waals surface area (Å²) in [4.78, 5) is 22.3. The van der Waals surface area contributed by atoms with Gasteiger partial charge in [0.2, 0.25) is 5.91 Å². The molecular weight excluding hydrogens is 450 g/mol. The number of carbonyl (C=O) groups excluding carboxylic acids is 1. The number of rotatable bonds is 7. The molecule has 0 bridgehead atoms. The molecule has 1 N–H and O–H groups in total. The Morgan fingerprint density at radius 3 is 2.50 bits per heavy atom. The Bertz CT molecular complexity index is 1210. The number of amidine groups is 1. The number of benzene rings is 3. The van der Waals surface area contributed by atoms with Gasteiger partial charge in [0.25, 0.3) is 0 Å². The third kappa shape index (κ3) is 5.94. The number of carbonyl (C=O) groups is 1. The predicted molar refractivity (Wildman–Crippen MR) is 145 cm³/mol. The molecular formula is C30H35N3O3. The number of hydrogen-bond donors (Lipinski definition) is 1. The highest BCUT2D eigenvalue weighted by Crippen LogP contribution is 2.31. The number of para-hydroxylation sites is 2. The molecule has 1 aliphatic rings. The highest BCUT2D eigenvalue weighted by Gasteiger charge is 2.27. The van der Waals surface area contributed by atoms with Gasteiger partial charge in [-0.25, -0.2) is 4.99 Å². The number of hydrogen-bond acceptors (Lipinski definition) is 5. The number of nitrogens with zero attached hydrogens (tertiary/aromatic N) is 3. The van der Waals surface area contributed by atoms with E-state index in [1.54, 1.807) is 31.1 Å². The summed E-state index contributed by atoms with van der Waals surface area (Å²) in [5.41, 5.74) is 3.17. The van der Waals surface area contributed by atoms with Gasteiger partial charge in [0, 0.05) is 25.6 Å². The van der Waals surface area contributed by atoms with Crippen molar-refractivity contribution in [2.24, 2.45) is 10.9 Å². The number of ether oxygens (including phenoxy) is 1. The lowest BCUT2D eigenvalue weighted by Crippen LogP contribution is -2.45. The lowest BCUT2D eigenvalue weighted by Gasteiger charge is -2.35. The molecule has 1 saturated heterocycles. The Labute approximate surface area is 213 Å². The Morgan fingerprint density at radius 2 is 1.81 bits per heavy atom. The largest absolute Gasteiger partial charge is 0.507 e. The molecule has 1 amide bonds. The zero-order valence-corrected chi connectivity index (χ0v) is 21.4. The first-order valence-corrected chi connectivity index (χ1v) is 12.6. The Morgan fingerprint density at radius 1 is 1.08 bits per heavy atom. The van der Waals surface area contributed by atoms with Gasteiger partial charge in [0.05, 0.1) is 18.4 Å². The molecule has 1 aliphatic heterocycles. The smallest absolute Gasteiger partial charge is 0.225 e. The monoisotopic (exact) mass is 485 g/mol. The van der Waals surface area contributed by atoms with Crippen LogP contribution in [-0.2, 0) is 4.79 Å². The fourth-order valence-electron chi connectivity index (χ4n) is 4.86. The average molecular weight is 486 g/mol. The molecule has 0 radical (unpaired) electrons. The lowest BCUT2D eigenvalue weighted by molar-refractivity contribution is -0.125. The van der Waals surface area contributed by atoms with E-state index in [2.05, 4.69) is 11.8 Å². The zero-order valence-electron chi connectivity index (χ0n) is 21.4. The molecule has 0 aromatic heterocycles. The van der Waals surface area contributed by atoms with Crippen LogP contribution in [0.5, 0.6) is 11.5 Å². The van der Waals surface area contributed by atoms with Gasteiger partial charge in [0.15, 0.2) is 0 Å². The van der Waals surface area contributed by atoms with E-state index < -0.39 is 0 Å². The van der Waals surface area contributed by atoms with E-state index >= 15 is 0 Å². The number of aliphatic imine (C=N–C) groups is 1. The number of piperidine rings is 1. The highest BCUT2D eigenvalue weighted by molar-refractivity contribution is 6.10. The maximum absolute atomic E-state index is 13.0. The van der Waals surface area contributed by atoms with E-state index in [0.717, 1.165) is 54.9 Å². The van der Waals surface area contributed by atoms with Crippen LogP contribution >= 0.6 is 0 Å².